The standard InChI is InChI=1S/C40H49BrN2/c1-37(2,3)25-13-17-29(18-14-25)42-32-23-28(40(10,11)12)24-35(36(32)41)43-33-19-15-26(38(4,5)6)21-30(33)31-22-27(39(7,8)9)16-20-34(31)43/h13-24,42H,1-12H3. The highest BCUT2D eigenvalue weighted by molar-refractivity contribution is 9.10. The molecule has 0 atom stereocenters. The van der Waals surface area contributed by atoms with Crippen molar-refractivity contribution in [1.82, 2.24) is 4.57 Å². The number of hydrogen-bond donors (Lipinski definition) is 1. The van der Waals surface area contributed by atoms with Crippen LogP contribution < -0.4 is 5.32 Å². The van der Waals surface area contributed by atoms with Crippen LogP contribution >= 0.6 is 15.9 Å². The molecule has 1 heterocycles. The first-order valence-electron chi connectivity index (χ1n) is 15.6. The monoisotopic (exact) mass is 636 g/mol. The highest BCUT2D eigenvalue weighted by atomic mass is 79.9. The van der Waals surface area contributed by atoms with Crippen LogP contribution in [0.4, 0.5) is 11.4 Å². The zero-order valence-electron chi connectivity index (χ0n) is 28.3. The summed E-state index contributed by atoms with van der Waals surface area (Å²) in [6.07, 6.45) is 0. The maximum atomic E-state index is 4.09. The maximum Gasteiger partial charge on any atom is 0.0651 e. The van der Waals surface area contributed by atoms with E-state index in [9.17, 15) is 0 Å². The van der Waals surface area contributed by atoms with Gasteiger partial charge >= 0.3 is 0 Å². The topological polar surface area (TPSA) is 17.0 Å². The van der Waals surface area contributed by atoms with Gasteiger partial charge in [0, 0.05) is 16.5 Å². The summed E-state index contributed by atoms with van der Waals surface area (Å²) in [6, 6.07) is 27.6. The molecule has 4 aromatic carbocycles. The molecule has 0 unspecified atom stereocenters. The van der Waals surface area contributed by atoms with Crippen molar-refractivity contribution in [2.75, 3.05) is 5.32 Å². The minimum absolute atomic E-state index is 0.0282. The Morgan fingerprint density at radius 1 is 0.488 bits per heavy atom. The van der Waals surface area contributed by atoms with Gasteiger partial charge in [-0.25, -0.2) is 0 Å². The Balaban J connectivity index is 1.79. The zero-order chi connectivity index (χ0) is 31.7. The quantitative estimate of drug-likeness (QED) is 0.208. The number of benzene rings is 4. The van der Waals surface area contributed by atoms with Crippen LogP contribution in [0, 0.1) is 0 Å². The van der Waals surface area contributed by atoms with Gasteiger partial charge in [-0.05, 0) is 108 Å². The second-order valence-corrected chi connectivity index (χ2v) is 17.2. The van der Waals surface area contributed by atoms with E-state index in [0.717, 1.165) is 21.5 Å². The Labute approximate surface area is 268 Å². The third-order valence-corrected chi connectivity index (χ3v) is 9.52. The van der Waals surface area contributed by atoms with Crippen molar-refractivity contribution in [3.05, 3.63) is 99.5 Å². The lowest BCUT2D eigenvalue weighted by atomic mass is 9.85. The van der Waals surface area contributed by atoms with Gasteiger partial charge in [-0.3, -0.25) is 0 Å². The van der Waals surface area contributed by atoms with Crippen molar-refractivity contribution in [2.45, 2.75) is 105 Å². The molecule has 43 heavy (non-hydrogen) atoms. The van der Waals surface area contributed by atoms with E-state index in [1.165, 1.54) is 44.1 Å². The molecular weight excluding hydrogens is 588 g/mol. The molecule has 0 saturated heterocycles. The molecule has 1 aromatic heterocycles. The second-order valence-electron chi connectivity index (χ2n) is 16.4. The van der Waals surface area contributed by atoms with E-state index in [-0.39, 0.29) is 21.7 Å². The van der Waals surface area contributed by atoms with Crippen molar-refractivity contribution in [3.8, 4) is 5.69 Å². The average Bonchev–Trinajstić information content (AvgIpc) is 3.21. The van der Waals surface area contributed by atoms with Crippen molar-refractivity contribution in [2.24, 2.45) is 0 Å². The first-order valence-corrected chi connectivity index (χ1v) is 16.4. The summed E-state index contributed by atoms with van der Waals surface area (Å²) < 4.78 is 3.51. The Bertz CT molecular complexity index is 1740. The molecule has 5 aromatic rings. The average molecular weight is 638 g/mol. The SMILES string of the molecule is CC(C)(C)c1ccc(Nc2cc(C(C)(C)C)cc(-n3c4ccc(C(C)(C)C)cc4c4cc(C(C)(C)C)ccc43)c2Br)cc1. The lowest BCUT2D eigenvalue weighted by Crippen LogP contribution is -2.13. The van der Waals surface area contributed by atoms with E-state index in [1.54, 1.807) is 0 Å². The van der Waals surface area contributed by atoms with Gasteiger partial charge in [-0.1, -0.05) is 107 Å². The van der Waals surface area contributed by atoms with E-state index in [0.29, 0.717) is 0 Å². The normalized spacial score (nSPS) is 13.2. The summed E-state index contributed by atoms with van der Waals surface area (Å²) in [5.74, 6) is 0. The Kier molecular flexibility index (Phi) is 7.70. The van der Waals surface area contributed by atoms with Gasteiger partial charge < -0.3 is 9.88 Å². The number of anilines is 2. The lowest BCUT2D eigenvalue weighted by molar-refractivity contribution is 0.589. The second kappa shape index (κ2) is 10.5. The maximum absolute atomic E-state index is 4.09. The van der Waals surface area contributed by atoms with E-state index < -0.39 is 0 Å². The molecule has 3 heteroatoms. The first kappa shape index (κ1) is 31.4. The number of rotatable bonds is 3. The molecule has 5 rings (SSSR count). The highest BCUT2D eigenvalue weighted by Gasteiger charge is 2.24. The fourth-order valence-electron chi connectivity index (χ4n) is 5.72. The minimum Gasteiger partial charge on any atom is -0.355 e. The van der Waals surface area contributed by atoms with E-state index in [4.69, 9.17) is 0 Å². The van der Waals surface area contributed by atoms with E-state index >= 15 is 0 Å². The minimum atomic E-state index is -0.0282. The summed E-state index contributed by atoms with van der Waals surface area (Å²) in [5, 5.41) is 6.36. The first-order chi connectivity index (χ1) is 19.7. The molecule has 226 valence electrons. The lowest BCUT2D eigenvalue weighted by Gasteiger charge is -2.25. The molecule has 0 aliphatic rings. The third-order valence-electron chi connectivity index (χ3n) is 8.69. The van der Waals surface area contributed by atoms with Crippen LogP contribution in [-0.4, -0.2) is 4.57 Å². The number of hydrogen-bond acceptors (Lipinski definition) is 1. The van der Waals surface area contributed by atoms with Gasteiger partial charge in [-0.2, -0.15) is 0 Å². The van der Waals surface area contributed by atoms with Crippen molar-refractivity contribution in [1.29, 1.82) is 0 Å². The van der Waals surface area contributed by atoms with Crippen molar-refractivity contribution < 1.29 is 0 Å². The molecule has 0 saturated carbocycles. The molecule has 0 bridgehead atoms. The molecule has 0 amide bonds. The fourth-order valence-corrected chi connectivity index (χ4v) is 6.23. The van der Waals surface area contributed by atoms with Gasteiger partial charge in [0.1, 0.15) is 0 Å². The van der Waals surface area contributed by atoms with Gasteiger partial charge in [0.05, 0.1) is 26.9 Å². The molecule has 0 aliphatic heterocycles. The molecule has 0 fully saturated rings. The van der Waals surface area contributed by atoms with Crippen LogP contribution in [0.25, 0.3) is 27.5 Å². The van der Waals surface area contributed by atoms with Crippen LogP contribution in [0.1, 0.15) is 105 Å². The molecule has 2 nitrogen and oxygen atoms in total. The predicted octanol–water partition coefficient (Wildman–Crippen LogP) is 12.5. The number of nitrogens with one attached hydrogen (secondary N) is 1. The summed E-state index contributed by atoms with van der Waals surface area (Å²) in [4.78, 5) is 0. The molecule has 0 radical (unpaired) electrons. The Hall–Kier alpha value is -3.04. The zero-order valence-corrected chi connectivity index (χ0v) is 29.8. The summed E-state index contributed by atoms with van der Waals surface area (Å²) in [6.45, 7) is 27.4. The van der Waals surface area contributed by atoms with Crippen molar-refractivity contribution in [3.63, 3.8) is 0 Å². The van der Waals surface area contributed by atoms with Crippen molar-refractivity contribution >= 4 is 49.1 Å². The number of nitrogens with zero attached hydrogens (tertiary/aromatic N) is 1. The van der Waals surface area contributed by atoms with Crippen LogP contribution in [0.2, 0.25) is 0 Å². The molecular formula is C40H49BrN2. The largest absolute Gasteiger partial charge is 0.355 e. The Morgan fingerprint density at radius 2 is 0.907 bits per heavy atom. The van der Waals surface area contributed by atoms with E-state index in [1.807, 2.05) is 0 Å². The number of halogens is 1. The summed E-state index contributed by atoms with van der Waals surface area (Å²) in [7, 11) is 0. The number of fused-ring (bicyclic) bond motifs is 3. The smallest absolute Gasteiger partial charge is 0.0651 e. The van der Waals surface area contributed by atoms with Gasteiger partial charge in [0.25, 0.3) is 0 Å². The van der Waals surface area contributed by atoms with Gasteiger partial charge in [-0.15, -0.1) is 0 Å². The molecule has 0 aliphatic carbocycles. The van der Waals surface area contributed by atoms with Crippen LogP contribution in [-0.2, 0) is 21.7 Å². The highest BCUT2D eigenvalue weighted by Crippen LogP contribution is 2.43. The van der Waals surface area contributed by atoms with Gasteiger partial charge in [0.2, 0.25) is 0 Å². The summed E-state index contributed by atoms with van der Waals surface area (Å²) in [5.41, 5.74) is 11.3. The van der Waals surface area contributed by atoms with E-state index in [2.05, 4.69) is 182 Å². The van der Waals surface area contributed by atoms with Crippen LogP contribution in [0.5, 0.6) is 0 Å². The van der Waals surface area contributed by atoms with Crippen LogP contribution in [0.15, 0.2) is 77.3 Å². The van der Waals surface area contributed by atoms with Crippen LogP contribution in [0.3, 0.4) is 0 Å². The summed E-state index contributed by atoms with van der Waals surface area (Å²) >= 11 is 4.09. The predicted molar refractivity (Wildman–Crippen MR) is 193 cm³/mol. The Morgan fingerprint density at radius 3 is 1.33 bits per heavy atom. The third kappa shape index (κ3) is 6.16. The molecule has 1 N–H and O–H groups in total. The van der Waals surface area contributed by atoms with Gasteiger partial charge in [0.15, 0.2) is 0 Å². The molecule has 0 spiro atoms. The number of aromatic nitrogens is 1. The fraction of sp³-hybridized carbons (Fsp3) is 0.400.